The van der Waals surface area contributed by atoms with Crippen LogP contribution in [0.4, 0.5) is 5.69 Å². The van der Waals surface area contributed by atoms with E-state index in [0.717, 1.165) is 24.1 Å². The third kappa shape index (κ3) is 2.34. The van der Waals surface area contributed by atoms with Gasteiger partial charge in [-0.15, -0.1) is 0 Å². The summed E-state index contributed by atoms with van der Waals surface area (Å²) in [5.41, 5.74) is 0.791. The average molecular weight is 263 g/mol. The van der Waals surface area contributed by atoms with Crippen molar-refractivity contribution in [2.75, 3.05) is 5.32 Å². The molecule has 0 aromatic heterocycles. The van der Waals surface area contributed by atoms with Crippen molar-refractivity contribution in [2.24, 2.45) is 5.41 Å². The zero-order valence-electron chi connectivity index (χ0n) is 10.3. The zero-order valence-corrected chi connectivity index (χ0v) is 11.0. The molecule has 1 aromatic carbocycles. The van der Waals surface area contributed by atoms with Gasteiger partial charge in [0.15, 0.2) is 0 Å². The van der Waals surface area contributed by atoms with Crippen LogP contribution in [0.25, 0.3) is 0 Å². The van der Waals surface area contributed by atoms with Crippen LogP contribution in [0.3, 0.4) is 0 Å². The minimum Gasteiger partial charge on any atom is -0.324 e. The molecule has 1 aliphatic rings. The lowest BCUT2D eigenvalue weighted by atomic mass is 9.87. The van der Waals surface area contributed by atoms with Crippen LogP contribution in [0.2, 0.25) is 5.02 Å². The van der Waals surface area contributed by atoms with Gasteiger partial charge in [-0.25, -0.2) is 0 Å². The lowest BCUT2D eigenvalue weighted by molar-refractivity contribution is -0.122. The summed E-state index contributed by atoms with van der Waals surface area (Å²) in [5.74, 6) is -0.187. The molecule has 0 bridgehead atoms. The second kappa shape index (κ2) is 4.99. The molecule has 94 valence electrons. The number of hydrogen-bond donors (Lipinski definition) is 1. The van der Waals surface area contributed by atoms with E-state index in [9.17, 15) is 10.1 Å². The molecule has 1 aliphatic carbocycles. The number of halogens is 1. The lowest BCUT2D eigenvalue weighted by Gasteiger charge is -2.20. The number of carbonyl (C=O) groups excluding carboxylic acids is 1. The fourth-order valence-corrected chi connectivity index (χ4v) is 2.60. The van der Waals surface area contributed by atoms with E-state index >= 15 is 0 Å². The lowest BCUT2D eigenvalue weighted by Crippen LogP contribution is -2.32. The third-order valence-electron chi connectivity index (χ3n) is 3.54. The van der Waals surface area contributed by atoms with Gasteiger partial charge in [-0.2, -0.15) is 5.26 Å². The number of anilines is 1. The minimum atomic E-state index is -0.841. The Morgan fingerprint density at radius 2 is 2.11 bits per heavy atom. The highest BCUT2D eigenvalue weighted by molar-refractivity contribution is 6.30. The number of nitrogens with one attached hydrogen (secondary N) is 1. The fourth-order valence-electron chi connectivity index (χ4n) is 2.38. The number of amides is 1. The third-order valence-corrected chi connectivity index (χ3v) is 3.78. The molecule has 0 radical (unpaired) electrons. The zero-order chi connectivity index (χ0) is 13.2. The first-order chi connectivity index (χ1) is 8.57. The van der Waals surface area contributed by atoms with Gasteiger partial charge >= 0.3 is 0 Å². The van der Waals surface area contributed by atoms with E-state index < -0.39 is 5.41 Å². The summed E-state index contributed by atoms with van der Waals surface area (Å²) in [6.07, 6.45) is 3.20. The Hall–Kier alpha value is -1.53. The Morgan fingerprint density at radius 1 is 1.44 bits per heavy atom. The number of hydrogen-bond acceptors (Lipinski definition) is 2. The van der Waals surface area contributed by atoms with Crippen LogP contribution in [0.15, 0.2) is 18.2 Å². The van der Waals surface area contributed by atoms with Crippen molar-refractivity contribution >= 4 is 23.2 Å². The highest BCUT2D eigenvalue weighted by Crippen LogP contribution is 2.38. The van der Waals surface area contributed by atoms with Gasteiger partial charge in [0.05, 0.1) is 6.07 Å². The van der Waals surface area contributed by atoms with E-state index in [1.165, 1.54) is 0 Å². The molecule has 0 saturated heterocycles. The van der Waals surface area contributed by atoms with Gasteiger partial charge < -0.3 is 5.32 Å². The summed E-state index contributed by atoms with van der Waals surface area (Å²) in [6.45, 7) is 1.88. The second-order valence-electron chi connectivity index (χ2n) is 4.81. The van der Waals surface area contributed by atoms with Crippen LogP contribution < -0.4 is 5.32 Å². The number of nitriles is 1. The molecule has 1 amide bonds. The minimum absolute atomic E-state index is 0.187. The van der Waals surface area contributed by atoms with Gasteiger partial charge in [0.2, 0.25) is 5.91 Å². The van der Waals surface area contributed by atoms with Gasteiger partial charge in [0.25, 0.3) is 0 Å². The highest BCUT2D eigenvalue weighted by Gasteiger charge is 2.41. The molecule has 1 N–H and O–H groups in total. The van der Waals surface area contributed by atoms with Crippen LogP contribution in [-0.4, -0.2) is 5.91 Å². The smallest absolute Gasteiger partial charge is 0.244 e. The molecule has 3 nitrogen and oxygen atoms in total. The van der Waals surface area contributed by atoms with E-state index in [0.29, 0.717) is 17.9 Å². The van der Waals surface area contributed by atoms with Crippen LogP contribution >= 0.6 is 11.6 Å². The highest BCUT2D eigenvalue weighted by atomic mass is 35.5. The van der Waals surface area contributed by atoms with Gasteiger partial charge in [-0.05, 0) is 43.5 Å². The Bertz CT molecular complexity index is 513. The Labute approximate surface area is 112 Å². The predicted octanol–water partition coefficient (Wildman–Crippen LogP) is 3.67. The maximum atomic E-state index is 12.2. The Morgan fingerprint density at radius 3 is 2.67 bits per heavy atom. The number of rotatable bonds is 2. The Kier molecular flexibility index (Phi) is 3.58. The molecule has 4 heteroatoms. The first-order valence-electron chi connectivity index (χ1n) is 6.06. The molecular formula is C14H15ClN2O. The molecule has 18 heavy (non-hydrogen) atoms. The second-order valence-corrected chi connectivity index (χ2v) is 5.25. The van der Waals surface area contributed by atoms with Crippen molar-refractivity contribution in [1.29, 1.82) is 5.26 Å². The Balaban J connectivity index is 2.19. The van der Waals surface area contributed by atoms with Crippen molar-refractivity contribution in [3.63, 3.8) is 0 Å². The number of nitrogens with zero attached hydrogens (tertiary/aromatic N) is 1. The predicted molar refractivity (Wildman–Crippen MR) is 71.3 cm³/mol. The summed E-state index contributed by atoms with van der Waals surface area (Å²) in [7, 11) is 0. The van der Waals surface area contributed by atoms with Gasteiger partial charge in [-0.1, -0.05) is 24.4 Å². The summed E-state index contributed by atoms with van der Waals surface area (Å²) in [5, 5.41) is 12.7. The first kappa shape index (κ1) is 12.9. The van der Waals surface area contributed by atoms with E-state index in [4.69, 9.17) is 11.6 Å². The van der Waals surface area contributed by atoms with Crippen LogP contribution in [0.5, 0.6) is 0 Å². The molecule has 0 atom stereocenters. The molecule has 0 unspecified atom stereocenters. The molecule has 1 fully saturated rings. The van der Waals surface area contributed by atoms with Crippen LogP contribution in [-0.2, 0) is 4.79 Å². The summed E-state index contributed by atoms with van der Waals surface area (Å²) >= 11 is 5.87. The summed E-state index contributed by atoms with van der Waals surface area (Å²) in [4.78, 5) is 12.2. The number of aryl methyl sites for hydroxylation is 1. The number of carbonyl (C=O) groups is 1. The maximum Gasteiger partial charge on any atom is 0.244 e. The molecule has 0 spiro atoms. The topological polar surface area (TPSA) is 52.9 Å². The van der Waals surface area contributed by atoms with Crippen LogP contribution in [0.1, 0.15) is 31.2 Å². The SMILES string of the molecule is Cc1cc(Cl)ccc1NC(=O)C1(C#N)CCCC1. The average Bonchev–Trinajstić information content (AvgIpc) is 2.82. The van der Waals surface area contributed by atoms with E-state index in [1.54, 1.807) is 18.2 Å². The summed E-state index contributed by atoms with van der Waals surface area (Å²) in [6, 6.07) is 7.49. The van der Waals surface area contributed by atoms with E-state index in [1.807, 2.05) is 6.92 Å². The van der Waals surface area contributed by atoms with Crippen molar-refractivity contribution in [2.45, 2.75) is 32.6 Å². The first-order valence-corrected chi connectivity index (χ1v) is 6.44. The molecular weight excluding hydrogens is 248 g/mol. The maximum absolute atomic E-state index is 12.2. The molecule has 2 rings (SSSR count). The van der Waals surface area contributed by atoms with Crippen molar-refractivity contribution < 1.29 is 4.79 Å². The summed E-state index contributed by atoms with van der Waals surface area (Å²) < 4.78 is 0. The van der Waals surface area contributed by atoms with Gasteiger partial charge in [0, 0.05) is 10.7 Å². The quantitative estimate of drug-likeness (QED) is 0.884. The number of benzene rings is 1. The molecule has 0 heterocycles. The largest absolute Gasteiger partial charge is 0.324 e. The molecule has 0 aliphatic heterocycles. The monoisotopic (exact) mass is 262 g/mol. The fraction of sp³-hybridized carbons (Fsp3) is 0.429. The van der Waals surface area contributed by atoms with E-state index in [2.05, 4.69) is 11.4 Å². The van der Waals surface area contributed by atoms with Crippen molar-refractivity contribution in [3.05, 3.63) is 28.8 Å². The normalized spacial score (nSPS) is 17.2. The van der Waals surface area contributed by atoms with Crippen molar-refractivity contribution in [1.82, 2.24) is 0 Å². The van der Waals surface area contributed by atoms with Gasteiger partial charge in [0.1, 0.15) is 5.41 Å². The standard InChI is InChI=1S/C14H15ClN2O/c1-10-8-11(15)4-5-12(10)17-13(18)14(9-16)6-2-3-7-14/h4-5,8H,2-3,6-7H2,1H3,(H,17,18). The molecule has 1 saturated carbocycles. The van der Waals surface area contributed by atoms with Gasteiger partial charge in [-0.3, -0.25) is 4.79 Å². The van der Waals surface area contributed by atoms with Crippen LogP contribution in [0, 0.1) is 23.7 Å². The van der Waals surface area contributed by atoms with E-state index in [-0.39, 0.29) is 5.91 Å². The molecule has 1 aromatic rings. The van der Waals surface area contributed by atoms with Crippen molar-refractivity contribution in [3.8, 4) is 6.07 Å².